The van der Waals surface area contributed by atoms with E-state index in [1.807, 2.05) is 13.8 Å². The highest BCUT2D eigenvalue weighted by Crippen LogP contribution is 2.49. The third-order valence-electron chi connectivity index (χ3n) is 7.06. The number of hydrogen-bond donors (Lipinski definition) is 1. The fourth-order valence-electron chi connectivity index (χ4n) is 5.14. The predicted molar refractivity (Wildman–Crippen MR) is 112 cm³/mol. The molecule has 5 rings (SSSR count). The van der Waals surface area contributed by atoms with Gasteiger partial charge in [-0.25, -0.2) is 4.79 Å². The molecule has 0 radical (unpaired) electrons. The Morgan fingerprint density at radius 1 is 1.19 bits per heavy atom. The molecule has 2 fully saturated rings. The van der Waals surface area contributed by atoms with Crippen molar-refractivity contribution in [2.45, 2.75) is 83.2 Å². The van der Waals surface area contributed by atoms with E-state index < -0.39 is 23.3 Å². The third-order valence-corrected chi connectivity index (χ3v) is 7.06. The fraction of sp³-hybridized carbons (Fsp3) is 0.583. The molecule has 0 spiro atoms. The molecular formula is C24H28O7. The molecule has 0 unspecified atom stereocenters. The van der Waals surface area contributed by atoms with Crippen LogP contribution >= 0.6 is 0 Å². The molecule has 0 bridgehead atoms. The number of rotatable bonds is 3. The monoisotopic (exact) mass is 428 g/mol. The van der Waals surface area contributed by atoms with Gasteiger partial charge in [0.1, 0.15) is 46.0 Å². The van der Waals surface area contributed by atoms with Crippen LogP contribution in [0.1, 0.15) is 57.8 Å². The zero-order chi connectivity index (χ0) is 22.1. The Kier molecular flexibility index (Phi) is 4.42. The van der Waals surface area contributed by atoms with Crippen molar-refractivity contribution >= 4 is 16.9 Å². The van der Waals surface area contributed by atoms with E-state index in [1.165, 1.54) is 18.9 Å². The fourth-order valence-corrected chi connectivity index (χ4v) is 5.14. The summed E-state index contributed by atoms with van der Waals surface area (Å²) in [7, 11) is 0. The highest BCUT2D eigenvalue weighted by molar-refractivity contribution is 5.87. The van der Waals surface area contributed by atoms with Crippen LogP contribution in [-0.4, -0.2) is 34.5 Å². The number of aromatic hydroxyl groups is 1. The van der Waals surface area contributed by atoms with Crippen molar-refractivity contribution < 1.29 is 28.5 Å². The number of epoxide rings is 1. The Balaban J connectivity index is 1.43. The Labute approximate surface area is 180 Å². The molecule has 3 aliphatic rings. The number of esters is 1. The molecule has 2 aliphatic heterocycles. The summed E-state index contributed by atoms with van der Waals surface area (Å²) in [4.78, 5) is 25.5. The smallest absolute Gasteiger partial charge is 0.341 e. The van der Waals surface area contributed by atoms with E-state index >= 15 is 0 Å². The van der Waals surface area contributed by atoms with Gasteiger partial charge >= 0.3 is 5.97 Å². The van der Waals surface area contributed by atoms with E-state index in [1.54, 1.807) is 19.9 Å². The first-order valence-corrected chi connectivity index (χ1v) is 11.0. The van der Waals surface area contributed by atoms with Crippen molar-refractivity contribution in [2.24, 2.45) is 5.92 Å². The minimum absolute atomic E-state index is 0.0902. The second kappa shape index (κ2) is 6.73. The lowest BCUT2D eigenvalue weighted by molar-refractivity contribution is -0.167. The van der Waals surface area contributed by atoms with Gasteiger partial charge in [0.25, 0.3) is 0 Å². The van der Waals surface area contributed by atoms with Gasteiger partial charge < -0.3 is 23.7 Å². The summed E-state index contributed by atoms with van der Waals surface area (Å²) < 4.78 is 23.5. The van der Waals surface area contributed by atoms with E-state index in [0.29, 0.717) is 23.0 Å². The molecule has 1 aromatic carbocycles. The van der Waals surface area contributed by atoms with Crippen molar-refractivity contribution in [3.05, 3.63) is 33.7 Å². The molecule has 2 aromatic rings. The minimum Gasteiger partial charge on any atom is -0.507 e. The molecule has 3 atom stereocenters. The van der Waals surface area contributed by atoms with E-state index in [-0.39, 0.29) is 34.7 Å². The van der Waals surface area contributed by atoms with Gasteiger partial charge in [-0.2, -0.15) is 0 Å². The van der Waals surface area contributed by atoms with Crippen LogP contribution in [0.4, 0.5) is 0 Å². The average molecular weight is 428 g/mol. The Morgan fingerprint density at radius 2 is 1.90 bits per heavy atom. The highest BCUT2D eigenvalue weighted by Gasteiger charge is 2.63. The summed E-state index contributed by atoms with van der Waals surface area (Å²) in [5, 5.41) is 10.9. The third kappa shape index (κ3) is 3.21. The maximum Gasteiger partial charge on any atom is 0.341 e. The van der Waals surface area contributed by atoms with Crippen molar-refractivity contribution in [1.82, 2.24) is 0 Å². The molecular weight excluding hydrogens is 400 g/mol. The largest absolute Gasteiger partial charge is 0.507 e. The van der Waals surface area contributed by atoms with Crippen LogP contribution in [0.15, 0.2) is 21.3 Å². The number of phenols is 1. The number of hydrogen-bond acceptors (Lipinski definition) is 7. The molecule has 1 saturated carbocycles. The number of carbonyl (C=O) groups excluding carboxylic acids is 1. The molecule has 1 saturated heterocycles. The van der Waals surface area contributed by atoms with E-state index in [0.717, 1.165) is 12.8 Å². The lowest BCUT2D eigenvalue weighted by Gasteiger charge is -2.39. The van der Waals surface area contributed by atoms with E-state index in [4.69, 9.17) is 18.6 Å². The number of ether oxygens (including phenoxy) is 3. The number of phenolic OH excluding ortho intramolecular Hbond substituents is 1. The van der Waals surface area contributed by atoms with Crippen LogP contribution < -0.4 is 10.2 Å². The normalized spacial score (nSPS) is 29.4. The van der Waals surface area contributed by atoms with Crippen molar-refractivity contribution in [1.29, 1.82) is 0 Å². The molecule has 1 aliphatic carbocycles. The van der Waals surface area contributed by atoms with Gasteiger partial charge in [-0.1, -0.05) is 12.8 Å². The van der Waals surface area contributed by atoms with Crippen LogP contribution in [0.3, 0.4) is 0 Å². The number of benzene rings is 1. The quantitative estimate of drug-likeness (QED) is 0.587. The molecule has 166 valence electrons. The average Bonchev–Trinajstić information content (AvgIpc) is 3.10. The topological polar surface area (TPSA) is 98.5 Å². The van der Waals surface area contributed by atoms with Crippen molar-refractivity contribution in [3.63, 3.8) is 0 Å². The van der Waals surface area contributed by atoms with Crippen molar-refractivity contribution in [2.75, 3.05) is 0 Å². The first-order chi connectivity index (χ1) is 14.6. The first-order valence-electron chi connectivity index (χ1n) is 11.0. The van der Waals surface area contributed by atoms with Gasteiger partial charge in [0, 0.05) is 24.1 Å². The van der Waals surface area contributed by atoms with Crippen LogP contribution in [0, 0.1) is 12.8 Å². The summed E-state index contributed by atoms with van der Waals surface area (Å²) in [6, 6.07) is 2.97. The second-order valence-electron chi connectivity index (χ2n) is 9.79. The molecule has 3 heterocycles. The minimum atomic E-state index is -0.921. The lowest BCUT2D eigenvalue weighted by atomic mass is 9.89. The van der Waals surface area contributed by atoms with E-state index in [2.05, 4.69) is 0 Å². The molecule has 1 N–H and O–H groups in total. The van der Waals surface area contributed by atoms with Gasteiger partial charge in [0.05, 0.1) is 0 Å². The van der Waals surface area contributed by atoms with Crippen molar-refractivity contribution in [3.8, 4) is 11.5 Å². The second-order valence-corrected chi connectivity index (χ2v) is 9.79. The summed E-state index contributed by atoms with van der Waals surface area (Å²) in [6.07, 6.45) is 4.02. The van der Waals surface area contributed by atoms with Gasteiger partial charge in [-0.05, 0) is 46.5 Å². The zero-order valence-electron chi connectivity index (χ0n) is 18.3. The Morgan fingerprint density at radius 3 is 2.61 bits per heavy atom. The summed E-state index contributed by atoms with van der Waals surface area (Å²) >= 11 is 0. The summed E-state index contributed by atoms with van der Waals surface area (Å²) in [5.41, 5.74) is -1.37. The zero-order valence-corrected chi connectivity index (χ0v) is 18.3. The van der Waals surface area contributed by atoms with Crippen LogP contribution in [0.2, 0.25) is 0 Å². The molecule has 1 aromatic heterocycles. The van der Waals surface area contributed by atoms with Crippen LogP contribution in [0.5, 0.6) is 11.5 Å². The number of carbonyl (C=O) groups is 1. The van der Waals surface area contributed by atoms with Crippen LogP contribution in [-0.2, 0) is 20.7 Å². The molecule has 0 amide bonds. The Bertz CT molecular complexity index is 1120. The maximum absolute atomic E-state index is 13.0. The SMILES string of the molecule is Cc1cc(=O)c2c(O)c3c(cc2o1)OC(C)(C)[C@H](OC(=O)[C@]1(C)O[C@@H]1C1CCCC1)C3. The van der Waals surface area contributed by atoms with E-state index in [9.17, 15) is 14.7 Å². The highest BCUT2D eigenvalue weighted by atomic mass is 16.7. The summed E-state index contributed by atoms with van der Waals surface area (Å²) in [6.45, 7) is 7.15. The summed E-state index contributed by atoms with van der Waals surface area (Å²) in [5.74, 6) is 0.703. The first kappa shape index (κ1) is 20.4. The maximum atomic E-state index is 13.0. The van der Waals surface area contributed by atoms with Gasteiger partial charge in [0.2, 0.25) is 0 Å². The number of aryl methyl sites for hydroxylation is 1. The predicted octanol–water partition coefficient (Wildman–Crippen LogP) is 3.78. The van der Waals surface area contributed by atoms with Gasteiger partial charge in [0.15, 0.2) is 11.0 Å². The molecule has 31 heavy (non-hydrogen) atoms. The van der Waals surface area contributed by atoms with Crippen LogP contribution in [0.25, 0.3) is 11.0 Å². The Hall–Kier alpha value is -2.54. The molecule has 7 nitrogen and oxygen atoms in total. The number of fused-ring (bicyclic) bond motifs is 2. The van der Waals surface area contributed by atoms with Gasteiger partial charge in [-0.3, -0.25) is 4.79 Å². The van der Waals surface area contributed by atoms with Gasteiger partial charge in [-0.15, -0.1) is 0 Å². The standard InChI is InChI=1S/C24H28O7/c1-12-9-15(25)19-17(28-12)11-16-14(20(19)26)10-18(23(2,3)30-16)29-22(27)24(4)21(31-24)13-7-5-6-8-13/h9,11,13,18,21,26H,5-8,10H2,1-4H3/t18-,21-,24-/m1/s1. The molecule has 7 heteroatoms. The lowest BCUT2D eigenvalue weighted by Crippen LogP contribution is -2.50.